The molecule has 0 bridgehead atoms. The Hall–Kier alpha value is 0.580. The Bertz CT molecular complexity index is 52.5. The molecule has 0 rings (SSSR count). The number of aliphatic hydroxyl groups is 2. The number of aliphatic hydroxyl groups excluding tert-OH is 2. The van der Waals surface area contributed by atoms with Gasteiger partial charge in [-0.3, -0.25) is 0 Å². The molecule has 0 aliphatic heterocycles. The van der Waals surface area contributed by atoms with Gasteiger partial charge in [-0.15, -0.1) is 12.6 Å². The molecule has 0 aromatic carbocycles. The van der Waals surface area contributed by atoms with Crippen LogP contribution in [0.2, 0.25) is 0 Å². The van der Waals surface area contributed by atoms with Crippen molar-refractivity contribution >= 4 is 25.5 Å². The van der Waals surface area contributed by atoms with Crippen LogP contribution in [-0.2, 0) is 4.18 Å². The van der Waals surface area contributed by atoms with Gasteiger partial charge in [0.05, 0.1) is 6.61 Å². The maximum Gasteiger partial charge on any atom is 0.142 e. The van der Waals surface area contributed by atoms with Crippen LogP contribution < -0.4 is 0 Å². The minimum atomic E-state index is -0.962. The molecular formula is C3H8O3S2. The quantitative estimate of drug-likeness (QED) is 0.252. The van der Waals surface area contributed by atoms with E-state index in [1.807, 2.05) is 0 Å². The predicted molar refractivity (Wildman–Crippen MR) is 35.9 cm³/mol. The second kappa shape index (κ2) is 4.46. The van der Waals surface area contributed by atoms with Gasteiger partial charge >= 0.3 is 0 Å². The Morgan fingerprint density at radius 2 is 2.12 bits per heavy atom. The topological polar surface area (TPSA) is 49.7 Å². The van der Waals surface area contributed by atoms with Gasteiger partial charge in [-0.25, -0.2) is 0 Å². The maximum absolute atomic E-state index is 8.63. The zero-order chi connectivity index (χ0) is 6.57. The summed E-state index contributed by atoms with van der Waals surface area (Å²) in [6.07, 6.45) is -0.962. The molecule has 0 aromatic rings. The first-order valence-corrected chi connectivity index (χ1v) is 2.87. The first kappa shape index (κ1) is 8.58. The van der Waals surface area contributed by atoms with E-state index in [-0.39, 0.29) is 6.61 Å². The largest absolute Gasteiger partial charge is 0.394 e. The van der Waals surface area contributed by atoms with E-state index < -0.39 is 11.5 Å². The van der Waals surface area contributed by atoms with E-state index in [2.05, 4.69) is 29.7 Å². The molecule has 0 heterocycles. The summed E-state index contributed by atoms with van der Waals surface area (Å²) in [7, 11) is 0. The van der Waals surface area contributed by atoms with Crippen molar-refractivity contribution in [3.63, 3.8) is 0 Å². The lowest BCUT2D eigenvalue weighted by Crippen LogP contribution is -2.24. The summed E-state index contributed by atoms with van der Waals surface area (Å²) in [6, 6.07) is 0. The van der Waals surface area contributed by atoms with Crippen molar-refractivity contribution in [1.82, 2.24) is 0 Å². The van der Waals surface area contributed by atoms with Crippen LogP contribution in [0.1, 0.15) is 0 Å². The number of hydrogen-bond donors (Lipinski definition) is 4. The van der Waals surface area contributed by atoms with Crippen LogP contribution in [0, 0.1) is 0 Å². The fourth-order valence-electron chi connectivity index (χ4n) is 0.160. The monoisotopic (exact) mass is 156 g/mol. The van der Waals surface area contributed by atoms with Crippen molar-refractivity contribution in [2.75, 3.05) is 6.61 Å². The molecule has 0 radical (unpaired) electrons. The zero-order valence-corrected chi connectivity index (χ0v) is 5.85. The van der Waals surface area contributed by atoms with Crippen LogP contribution in [0.25, 0.3) is 0 Å². The normalized spacial score (nSPS) is 18.0. The minimum absolute atomic E-state index is 0.366. The van der Waals surface area contributed by atoms with Crippen LogP contribution in [0.15, 0.2) is 0 Å². The highest BCUT2D eigenvalue weighted by Crippen LogP contribution is 2.04. The van der Waals surface area contributed by atoms with E-state index in [1.165, 1.54) is 0 Å². The van der Waals surface area contributed by atoms with Crippen molar-refractivity contribution in [2.45, 2.75) is 11.5 Å². The smallest absolute Gasteiger partial charge is 0.142 e. The van der Waals surface area contributed by atoms with Gasteiger partial charge in [0.1, 0.15) is 11.5 Å². The number of thiol groups is 2. The molecule has 2 atom stereocenters. The second-order valence-corrected chi connectivity index (χ2v) is 1.97. The highest BCUT2D eigenvalue weighted by atomic mass is 32.1. The van der Waals surface area contributed by atoms with Gasteiger partial charge in [0.25, 0.3) is 0 Å². The first-order chi connectivity index (χ1) is 3.72. The fourth-order valence-corrected chi connectivity index (χ4v) is 0.395. The summed E-state index contributed by atoms with van der Waals surface area (Å²) in [6.45, 7) is -0.366. The average molecular weight is 156 g/mol. The third kappa shape index (κ3) is 2.78. The van der Waals surface area contributed by atoms with E-state index in [4.69, 9.17) is 10.2 Å². The molecule has 0 spiro atoms. The lowest BCUT2D eigenvalue weighted by atomic mass is 10.4. The molecule has 50 valence electrons. The van der Waals surface area contributed by atoms with E-state index in [1.54, 1.807) is 0 Å². The first-order valence-electron chi connectivity index (χ1n) is 1.99. The van der Waals surface area contributed by atoms with Gasteiger partial charge in [-0.2, -0.15) is 0 Å². The van der Waals surface area contributed by atoms with Gasteiger partial charge in [0, 0.05) is 0 Å². The maximum atomic E-state index is 8.63. The molecule has 2 N–H and O–H groups in total. The van der Waals surface area contributed by atoms with Crippen molar-refractivity contribution < 1.29 is 14.4 Å². The second-order valence-electron chi connectivity index (χ2n) is 1.25. The van der Waals surface area contributed by atoms with Crippen molar-refractivity contribution in [3.05, 3.63) is 0 Å². The summed E-state index contributed by atoms with van der Waals surface area (Å²) in [5, 5.41) is 16.8. The molecule has 8 heavy (non-hydrogen) atoms. The molecular weight excluding hydrogens is 148 g/mol. The Balaban J connectivity index is 3.29. The molecule has 3 nitrogen and oxygen atoms in total. The van der Waals surface area contributed by atoms with Crippen molar-refractivity contribution in [2.24, 2.45) is 0 Å². The van der Waals surface area contributed by atoms with E-state index in [9.17, 15) is 0 Å². The number of rotatable bonds is 3. The van der Waals surface area contributed by atoms with Gasteiger partial charge in [0.2, 0.25) is 0 Å². The van der Waals surface area contributed by atoms with Gasteiger partial charge in [-0.05, 0) is 12.9 Å². The van der Waals surface area contributed by atoms with E-state index in [0.717, 1.165) is 0 Å². The Labute approximate surface area is 58.7 Å². The zero-order valence-electron chi connectivity index (χ0n) is 4.06. The van der Waals surface area contributed by atoms with Gasteiger partial charge in [-0.1, -0.05) is 0 Å². The van der Waals surface area contributed by atoms with Crippen molar-refractivity contribution in [3.8, 4) is 0 Å². The molecule has 0 saturated carbocycles. The van der Waals surface area contributed by atoms with Crippen LogP contribution in [0.4, 0.5) is 0 Å². The molecule has 0 aliphatic rings. The highest BCUT2D eigenvalue weighted by molar-refractivity contribution is 7.82. The van der Waals surface area contributed by atoms with Gasteiger partial charge < -0.3 is 14.4 Å². The molecule has 5 heteroatoms. The Morgan fingerprint density at radius 1 is 1.62 bits per heavy atom. The SMILES string of the molecule is OCC(O)C(S)OS. The summed E-state index contributed by atoms with van der Waals surface area (Å²) in [5.41, 5.74) is -0.719. The van der Waals surface area contributed by atoms with Crippen LogP contribution >= 0.6 is 25.5 Å². The molecule has 0 saturated heterocycles. The fraction of sp³-hybridized carbons (Fsp3) is 1.00. The summed E-state index contributed by atoms with van der Waals surface area (Å²) >= 11 is 7.06. The average Bonchev–Trinajstić information content (AvgIpc) is 1.84. The molecule has 0 aromatic heterocycles. The Morgan fingerprint density at radius 3 is 2.25 bits per heavy atom. The summed E-state index contributed by atoms with van der Waals surface area (Å²) in [4.78, 5) is 0. The predicted octanol–water partition coefficient (Wildman–Crippen LogP) is -0.543. The van der Waals surface area contributed by atoms with Crippen LogP contribution in [0.3, 0.4) is 0 Å². The lowest BCUT2D eigenvalue weighted by molar-refractivity contribution is 0.0477. The molecule has 2 unspecified atom stereocenters. The van der Waals surface area contributed by atoms with Crippen LogP contribution in [0.5, 0.6) is 0 Å². The van der Waals surface area contributed by atoms with E-state index in [0.29, 0.717) is 0 Å². The third-order valence-electron chi connectivity index (χ3n) is 0.624. The van der Waals surface area contributed by atoms with Crippen LogP contribution in [-0.4, -0.2) is 28.4 Å². The standard InChI is InChI=1S/C3H8O3S2/c4-1-2(5)3(7)6-8/h2-5,7-8H,1H2. The Kier molecular flexibility index (Phi) is 4.78. The molecule has 0 aliphatic carbocycles. The third-order valence-corrected chi connectivity index (χ3v) is 1.47. The minimum Gasteiger partial charge on any atom is -0.394 e. The van der Waals surface area contributed by atoms with Gasteiger partial charge in [0.15, 0.2) is 0 Å². The lowest BCUT2D eigenvalue weighted by Gasteiger charge is -2.11. The summed E-state index contributed by atoms with van der Waals surface area (Å²) in [5.74, 6) is 0. The van der Waals surface area contributed by atoms with Crippen molar-refractivity contribution in [1.29, 1.82) is 0 Å². The highest BCUT2D eigenvalue weighted by Gasteiger charge is 2.12. The number of hydrogen-bond acceptors (Lipinski definition) is 5. The molecule has 0 amide bonds. The van der Waals surface area contributed by atoms with E-state index >= 15 is 0 Å². The molecule has 0 fully saturated rings. The summed E-state index contributed by atoms with van der Waals surface area (Å²) < 4.78 is 4.25.